The molecule has 0 aliphatic carbocycles. The topological polar surface area (TPSA) is 65.0 Å². The van der Waals surface area contributed by atoms with Crippen molar-refractivity contribution in [1.29, 1.82) is 0 Å². The molecule has 6 heteroatoms. The fraction of sp³-hybridized carbons (Fsp3) is 0.857. The second kappa shape index (κ2) is 6.51. The molecule has 1 N–H and O–H groups in total. The minimum absolute atomic E-state index is 0.169. The van der Waals surface area contributed by atoms with Gasteiger partial charge in [0, 0.05) is 0 Å². The zero-order chi connectivity index (χ0) is 10.3. The summed E-state index contributed by atoms with van der Waals surface area (Å²) in [7, 11) is -3.47. The Morgan fingerprint density at radius 3 is 2.08 bits per heavy atom. The molecule has 0 fully saturated rings. The summed E-state index contributed by atoms with van der Waals surface area (Å²) in [5.41, 5.74) is 0. The highest BCUT2D eigenvalue weighted by molar-refractivity contribution is 7.48. The second-order valence-electron chi connectivity index (χ2n) is 2.23. The molecule has 5 nitrogen and oxygen atoms in total. The molecule has 0 bridgehead atoms. The largest absolute Gasteiger partial charge is 0.474 e. The van der Waals surface area contributed by atoms with E-state index in [4.69, 9.17) is 18.7 Å². The Kier molecular flexibility index (Phi) is 6.55. The van der Waals surface area contributed by atoms with Crippen LogP contribution in [0.2, 0.25) is 0 Å². The van der Waals surface area contributed by atoms with Gasteiger partial charge in [0.25, 0.3) is 0 Å². The molecule has 0 spiro atoms. The number of hydrogen-bond acceptors (Lipinski definition) is 5. The molecule has 13 heavy (non-hydrogen) atoms. The Balaban J connectivity index is 3.99. The lowest BCUT2D eigenvalue weighted by atomic mass is 10.5. The highest BCUT2D eigenvalue weighted by Crippen LogP contribution is 2.49. The van der Waals surface area contributed by atoms with E-state index in [1.807, 2.05) is 0 Å². The molecule has 0 aliphatic rings. The molecule has 0 aliphatic heterocycles. The van der Waals surface area contributed by atoms with Crippen molar-refractivity contribution in [3.05, 3.63) is 6.92 Å². The summed E-state index contributed by atoms with van der Waals surface area (Å²) in [5, 5.41) is 8.78. The van der Waals surface area contributed by atoms with Gasteiger partial charge in [-0.05, 0) is 20.8 Å². The van der Waals surface area contributed by atoms with Crippen molar-refractivity contribution in [3.63, 3.8) is 0 Å². The predicted molar refractivity (Wildman–Crippen MR) is 48.2 cm³/mol. The van der Waals surface area contributed by atoms with Crippen LogP contribution in [0.15, 0.2) is 0 Å². The molecule has 0 saturated heterocycles. The van der Waals surface area contributed by atoms with Crippen LogP contribution in [-0.4, -0.2) is 31.0 Å². The van der Waals surface area contributed by atoms with Crippen LogP contribution in [0.1, 0.15) is 13.8 Å². The highest BCUT2D eigenvalue weighted by atomic mass is 31.2. The summed E-state index contributed by atoms with van der Waals surface area (Å²) in [4.78, 5) is 0. The van der Waals surface area contributed by atoms with Gasteiger partial charge in [-0.3, -0.25) is 13.6 Å². The quantitative estimate of drug-likeness (QED) is 0.644. The number of aliphatic hydroxyl groups excluding tert-OH is 1. The SMILES string of the molecule is [CH2]C(O)COP(=O)(OCC)OCC. The van der Waals surface area contributed by atoms with Gasteiger partial charge in [-0.25, -0.2) is 4.57 Å². The van der Waals surface area contributed by atoms with Crippen LogP contribution in [0.5, 0.6) is 0 Å². The van der Waals surface area contributed by atoms with E-state index in [9.17, 15) is 4.57 Å². The summed E-state index contributed by atoms with van der Waals surface area (Å²) in [6.45, 7) is 6.90. The average Bonchev–Trinajstić information content (AvgIpc) is 2.02. The number of phosphoric acid groups is 1. The molecule has 0 rings (SSSR count). The first-order valence-corrected chi connectivity index (χ1v) is 5.55. The molecule has 0 aromatic carbocycles. The van der Waals surface area contributed by atoms with Crippen LogP contribution in [0.3, 0.4) is 0 Å². The first kappa shape index (κ1) is 13.1. The number of aliphatic hydroxyl groups is 1. The van der Waals surface area contributed by atoms with Crippen LogP contribution in [-0.2, 0) is 18.1 Å². The van der Waals surface area contributed by atoms with E-state index in [1.54, 1.807) is 13.8 Å². The van der Waals surface area contributed by atoms with E-state index >= 15 is 0 Å². The van der Waals surface area contributed by atoms with E-state index < -0.39 is 13.9 Å². The fourth-order valence-corrected chi connectivity index (χ4v) is 1.82. The number of rotatable bonds is 7. The third-order valence-corrected chi connectivity index (χ3v) is 2.61. The monoisotopic (exact) mass is 211 g/mol. The maximum Gasteiger partial charge on any atom is 0.474 e. The lowest BCUT2D eigenvalue weighted by Gasteiger charge is -2.16. The van der Waals surface area contributed by atoms with Gasteiger partial charge in [0.15, 0.2) is 0 Å². The Bertz CT molecular complexity index is 160. The van der Waals surface area contributed by atoms with Crippen LogP contribution in [0, 0.1) is 6.92 Å². The van der Waals surface area contributed by atoms with Gasteiger partial charge in [0.05, 0.1) is 25.9 Å². The molecule has 0 aromatic rings. The molecule has 1 atom stereocenters. The first-order valence-electron chi connectivity index (χ1n) is 4.09. The van der Waals surface area contributed by atoms with Crippen molar-refractivity contribution < 1.29 is 23.2 Å². The Labute approximate surface area is 78.6 Å². The van der Waals surface area contributed by atoms with Gasteiger partial charge in [-0.1, -0.05) is 0 Å². The van der Waals surface area contributed by atoms with Crippen LogP contribution in [0.25, 0.3) is 0 Å². The molecule has 79 valence electrons. The van der Waals surface area contributed by atoms with Gasteiger partial charge >= 0.3 is 7.82 Å². The molecular formula is C7H16O5P. The number of phosphoric ester groups is 1. The molecule has 0 amide bonds. The van der Waals surface area contributed by atoms with Crippen molar-refractivity contribution in [2.24, 2.45) is 0 Å². The summed E-state index contributed by atoms with van der Waals surface area (Å²) >= 11 is 0. The summed E-state index contributed by atoms with van der Waals surface area (Å²) < 4.78 is 25.9. The minimum atomic E-state index is -3.47. The summed E-state index contributed by atoms with van der Waals surface area (Å²) in [5.74, 6) is 0. The van der Waals surface area contributed by atoms with Gasteiger partial charge in [-0.15, -0.1) is 0 Å². The minimum Gasteiger partial charge on any atom is -0.391 e. The lowest BCUT2D eigenvalue weighted by molar-refractivity contribution is 0.0803. The smallest absolute Gasteiger partial charge is 0.391 e. The highest BCUT2D eigenvalue weighted by Gasteiger charge is 2.25. The Hall–Kier alpha value is 0.0700. The van der Waals surface area contributed by atoms with Crippen LogP contribution >= 0.6 is 7.82 Å². The first-order chi connectivity index (χ1) is 6.04. The van der Waals surface area contributed by atoms with Gasteiger partial charge < -0.3 is 5.11 Å². The molecule has 0 aromatic heterocycles. The van der Waals surface area contributed by atoms with Crippen molar-refractivity contribution in [3.8, 4) is 0 Å². The molecular weight excluding hydrogens is 195 g/mol. The second-order valence-corrected chi connectivity index (χ2v) is 3.90. The predicted octanol–water partition coefficient (Wildman–Crippen LogP) is 1.38. The van der Waals surface area contributed by atoms with Crippen molar-refractivity contribution >= 4 is 7.82 Å². The summed E-state index contributed by atoms with van der Waals surface area (Å²) in [6, 6.07) is 0. The fourth-order valence-electron chi connectivity index (χ4n) is 0.605. The Morgan fingerprint density at radius 2 is 1.77 bits per heavy atom. The third kappa shape index (κ3) is 6.18. The Morgan fingerprint density at radius 1 is 1.31 bits per heavy atom. The molecule has 0 saturated carbocycles. The maximum absolute atomic E-state index is 11.5. The molecule has 1 radical (unpaired) electrons. The zero-order valence-corrected chi connectivity index (χ0v) is 8.83. The maximum atomic E-state index is 11.5. The van der Waals surface area contributed by atoms with E-state index in [1.165, 1.54) is 0 Å². The van der Waals surface area contributed by atoms with Crippen molar-refractivity contribution in [2.75, 3.05) is 19.8 Å². The lowest BCUT2D eigenvalue weighted by Crippen LogP contribution is -2.11. The van der Waals surface area contributed by atoms with E-state index in [-0.39, 0.29) is 19.8 Å². The van der Waals surface area contributed by atoms with E-state index in [2.05, 4.69) is 6.92 Å². The van der Waals surface area contributed by atoms with E-state index in [0.717, 1.165) is 0 Å². The van der Waals surface area contributed by atoms with Crippen LogP contribution < -0.4 is 0 Å². The normalized spacial score (nSPS) is 14.5. The molecule has 1 unspecified atom stereocenters. The van der Waals surface area contributed by atoms with Crippen LogP contribution in [0.4, 0.5) is 0 Å². The van der Waals surface area contributed by atoms with Gasteiger partial charge in [0.1, 0.15) is 0 Å². The van der Waals surface area contributed by atoms with Gasteiger partial charge in [-0.2, -0.15) is 0 Å². The molecule has 0 heterocycles. The van der Waals surface area contributed by atoms with Gasteiger partial charge in [0.2, 0.25) is 0 Å². The van der Waals surface area contributed by atoms with E-state index in [0.29, 0.717) is 0 Å². The zero-order valence-electron chi connectivity index (χ0n) is 7.93. The van der Waals surface area contributed by atoms with Crippen molar-refractivity contribution in [2.45, 2.75) is 20.0 Å². The standard InChI is InChI=1S/C7H16O5P/c1-4-10-13(9,11-5-2)12-6-7(3)8/h7-8H,3-6H2,1-2H3. The van der Waals surface area contributed by atoms with Crippen molar-refractivity contribution in [1.82, 2.24) is 0 Å². The third-order valence-electron chi connectivity index (χ3n) is 0.999. The summed E-state index contributed by atoms with van der Waals surface area (Å²) in [6.07, 6.45) is -0.936. The number of hydrogen-bond donors (Lipinski definition) is 1. The average molecular weight is 211 g/mol.